The largest absolute Gasteiger partial charge is 0.468 e. The van der Waals surface area contributed by atoms with Crippen molar-refractivity contribution in [1.29, 1.82) is 0 Å². The molecule has 1 saturated heterocycles. The van der Waals surface area contributed by atoms with Gasteiger partial charge in [0.25, 0.3) is 5.91 Å². The predicted octanol–water partition coefficient (Wildman–Crippen LogP) is 3.11. The van der Waals surface area contributed by atoms with Gasteiger partial charge in [-0.2, -0.15) is 0 Å². The first-order chi connectivity index (χ1) is 13.3. The molecule has 1 aromatic carbocycles. The summed E-state index contributed by atoms with van der Waals surface area (Å²) in [5.74, 6) is 0.0791. The van der Waals surface area contributed by atoms with Crippen LogP contribution in [-0.2, 0) is 14.3 Å². The van der Waals surface area contributed by atoms with Crippen LogP contribution in [-0.4, -0.2) is 54.2 Å². The lowest BCUT2D eigenvalue weighted by molar-refractivity contribution is -0.139. The fourth-order valence-electron chi connectivity index (χ4n) is 3.18. The molecule has 7 heteroatoms. The first-order valence-corrected chi connectivity index (χ1v) is 10.6. The van der Waals surface area contributed by atoms with Crippen LogP contribution < -0.4 is 5.32 Å². The molecule has 154 valence electrons. The number of likely N-dealkylation sites (tertiary alicyclic amines) is 1. The van der Waals surface area contributed by atoms with Crippen molar-refractivity contribution in [3.8, 4) is 0 Å². The first kappa shape index (κ1) is 22.3. The van der Waals surface area contributed by atoms with Crippen LogP contribution in [0.3, 0.4) is 0 Å². The van der Waals surface area contributed by atoms with E-state index < -0.39 is 5.25 Å². The van der Waals surface area contributed by atoms with E-state index in [1.165, 1.54) is 18.9 Å². The molecule has 1 aliphatic heterocycles. The molecule has 1 aliphatic rings. The average Bonchev–Trinajstić information content (AvgIpc) is 2.67. The van der Waals surface area contributed by atoms with Gasteiger partial charge in [0.15, 0.2) is 0 Å². The lowest BCUT2D eigenvalue weighted by atomic mass is 10.0. The molecule has 0 bridgehead atoms. The molecule has 0 aliphatic carbocycles. The van der Waals surface area contributed by atoms with Gasteiger partial charge in [0, 0.05) is 30.4 Å². The summed E-state index contributed by atoms with van der Waals surface area (Å²) in [6.45, 7) is 7.19. The van der Waals surface area contributed by atoms with Crippen molar-refractivity contribution in [3.63, 3.8) is 0 Å². The highest BCUT2D eigenvalue weighted by Crippen LogP contribution is 2.27. The molecule has 0 spiro atoms. The number of rotatable bonds is 7. The van der Waals surface area contributed by atoms with Gasteiger partial charge in [-0.25, -0.2) is 0 Å². The number of benzene rings is 1. The molecule has 1 heterocycles. The minimum absolute atomic E-state index is 0.0479. The summed E-state index contributed by atoms with van der Waals surface area (Å²) in [4.78, 5) is 39.3. The number of thioether (sulfide) groups is 1. The van der Waals surface area contributed by atoms with Crippen LogP contribution >= 0.6 is 11.8 Å². The number of carbonyl (C=O) groups excluding carboxylic acids is 3. The fourth-order valence-corrected chi connectivity index (χ4v) is 4.19. The van der Waals surface area contributed by atoms with E-state index in [0.717, 1.165) is 17.7 Å². The van der Waals surface area contributed by atoms with Gasteiger partial charge in [-0.1, -0.05) is 26.0 Å². The number of methoxy groups -OCH3 is 1. The second-order valence-corrected chi connectivity index (χ2v) is 8.89. The third-order valence-corrected chi connectivity index (χ3v) is 5.89. The van der Waals surface area contributed by atoms with Crippen molar-refractivity contribution in [3.05, 3.63) is 29.8 Å². The Morgan fingerprint density at radius 2 is 1.82 bits per heavy atom. The second kappa shape index (κ2) is 10.5. The Bertz CT molecular complexity index is 699. The Balaban J connectivity index is 1.94. The summed E-state index contributed by atoms with van der Waals surface area (Å²) in [6, 6.07) is 7.32. The molecule has 0 radical (unpaired) electrons. The molecule has 0 aromatic heterocycles. The molecule has 2 amide bonds. The monoisotopic (exact) mass is 406 g/mol. The molecule has 6 nitrogen and oxygen atoms in total. The number of ether oxygens (including phenoxy) is 1. The summed E-state index contributed by atoms with van der Waals surface area (Å²) in [5.41, 5.74) is 0.557. The minimum atomic E-state index is -0.394. The summed E-state index contributed by atoms with van der Waals surface area (Å²) in [5, 5.41) is 2.69. The molecule has 28 heavy (non-hydrogen) atoms. The standard InChI is InChI=1S/C21H30N2O4S/c1-14(2)13-19(24)23-11-9-16(10-12-23)22-20(25)17-7-5-6-8-18(17)28-15(3)21(26)27-4/h5-8,14-16H,9-13H2,1-4H3,(H,22,25). The van der Waals surface area contributed by atoms with E-state index in [-0.39, 0.29) is 23.8 Å². The molecule has 1 aromatic rings. The van der Waals surface area contributed by atoms with E-state index in [1.54, 1.807) is 13.0 Å². The topological polar surface area (TPSA) is 75.7 Å². The van der Waals surface area contributed by atoms with E-state index >= 15 is 0 Å². The maximum Gasteiger partial charge on any atom is 0.318 e. The molecule has 1 atom stereocenters. The van der Waals surface area contributed by atoms with Crippen molar-refractivity contribution in [2.45, 2.75) is 56.2 Å². The van der Waals surface area contributed by atoms with E-state index in [2.05, 4.69) is 5.32 Å². The summed E-state index contributed by atoms with van der Waals surface area (Å²) in [7, 11) is 1.36. The lowest BCUT2D eigenvalue weighted by Gasteiger charge is -2.33. The third kappa shape index (κ3) is 6.26. The maximum atomic E-state index is 12.8. The number of nitrogens with zero attached hydrogens (tertiary/aromatic N) is 1. The van der Waals surface area contributed by atoms with Gasteiger partial charge in [0.1, 0.15) is 5.25 Å². The number of carbonyl (C=O) groups is 3. The number of esters is 1. The normalized spacial score (nSPS) is 16.0. The Labute approximate surface area is 171 Å². The van der Waals surface area contributed by atoms with E-state index in [0.29, 0.717) is 31.0 Å². The molecular formula is C21H30N2O4S. The molecule has 1 fully saturated rings. The van der Waals surface area contributed by atoms with E-state index in [4.69, 9.17) is 4.74 Å². The number of amides is 2. The predicted molar refractivity (Wildman–Crippen MR) is 110 cm³/mol. The number of hydrogen-bond donors (Lipinski definition) is 1. The van der Waals surface area contributed by atoms with Gasteiger partial charge in [-0.05, 0) is 37.8 Å². The van der Waals surface area contributed by atoms with Gasteiger partial charge >= 0.3 is 5.97 Å². The average molecular weight is 407 g/mol. The molecular weight excluding hydrogens is 376 g/mol. The zero-order chi connectivity index (χ0) is 20.7. The first-order valence-electron chi connectivity index (χ1n) is 9.74. The quantitative estimate of drug-likeness (QED) is 0.556. The molecule has 0 saturated carbocycles. The lowest BCUT2D eigenvalue weighted by Crippen LogP contribution is -2.46. The SMILES string of the molecule is COC(=O)C(C)Sc1ccccc1C(=O)NC1CCN(C(=O)CC(C)C)CC1. The Kier molecular flexibility index (Phi) is 8.35. The van der Waals surface area contributed by atoms with E-state index in [1.807, 2.05) is 36.9 Å². The fraction of sp³-hybridized carbons (Fsp3) is 0.571. The van der Waals surface area contributed by atoms with Crippen LogP contribution in [0.2, 0.25) is 0 Å². The van der Waals surface area contributed by atoms with Gasteiger partial charge in [0.05, 0.1) is 12.7 Å². The van der Waals surface area contributed by atoms with Crippen LogP contribution in [0.5, 0.6) is 0 Å². The highest BCUT2D eigenvalue weighted by molar-refractivity contribution is 8.00. The molecule has 2 rings (SSSR count). The van der Waals surface area contributed by atoms with Crippen LogP contribution in [0.25, 0.3) is 0 Å². The highest BCUT2D eigenvalue weighted by atomic mass is 32.2. The van der Waals surface area contributed by atoms with Crippen LogP contribution in [0.4, 0.5) is 0 Å². The van der Waals surface area contributed by atoms with Crippen LogP contribution in [0.15, 0.2) is 29.2 Å². The second-order valence-electron chi connectivity index (χ2n) is 7.51. The molecule has 1 unspecified atom stereocenters. The van der Waals surface area contributed by atoms with Gasteiger partial charge < -0.3 is 15.0 Å². The van der Waals surface area contributed by atoms with Crippen molar-refractivity contribution in [1.82, 2.24) is 10.2 Å². The maximum absolute atomic E-state index is 12.8. The highest BCUT2D eigenvalue weighted by Gasteiger charge is 2.25. The van der Waals surface area contributed by atoms with Gasteiger partial charge in [0.2, 0.25) is 5.91 Å². The summed E-state index contributed by atoms with van der Waals surface area (Å²) in [6.07, 6.45) is 2.08. The van der Waals surface area contributed by atoms with Crippen molar-refractivity contribution >= 4 is 29.5 Å². The zero-order valence-corrected chi connectivity index (χ0v) is 17.9. The van der Waals surface area contributed by atoms with Gasteiger partial charge in [-0.3, -0.25) is 14.4 Å². The van der Waals surface area contributed by atoms with Gasteiger partial charge in [-0.15, -0.1) is 11.8 Å². The molecule has 1 N–H and O–H groups in total. The zero-order valence-electron chi connectivity index (χ0n) is 17.1. The smallest absolute Gasteiger partial charge is 0.318 e. The number of hydrogen-bond acceptors (Lipinski definition) is 5. The van der Waals surface area contributed by atoms with Crippen molar-refractivity contribution < 1.29 is 19.1 Å². The van der Waals surface area contributed by atoms with E-state index in [9.17, 15) is 14.4 Å². The Hall–Kier alpha value is -2.02. The summed E-state index contributed by atoms with van der Waals surface area (Å²) < 4.78 is 4.77. The Morgan fingerprint density at radius 3 is 2.43 bits per heavy atom. The van der Waals surface area contributed by atoms with Crippen LogP contribution in [0, 0.1) is 5.92 Å². The number of piperidine rings is 1. The van der Waals surface area contributed by atoms with Crippen molar-refractivity contribution in [2.75, 3.05) is 20.2 Å². The minimum Gasteiger partial charge on any atom is -0.468 e. The Morgan fingerprint density at radius 1 is 1.18 bits per heavy atom. The third-order valence-electron chi connectivity index (χ3n) is 4.73. The van der Waals surface area contributed by atoms with Crippen molar-refractivity contribution in [2.24, 2.45) is 5.92 Å². The van der Waals surface area contributed by atoms with Crippen LogP contribution in [0.1, 0.15) is 50.4 Å². The number of nitrogens with one attached hydrogen (secondary N) is 1. The summed E-state index contributed by atoms with van der Waals surface area (Å²) >= 11 is 1.31.